The molecule has 4 aromatic rings. The van der Waals surface area contributed by atoms with E-state index in [9.17, 15) is 5.11 Å². The highest BCUT2D eigenvalue weighted by Crippen LogP contribution is 2.34. The fourth-order valence-corrected chi connectivity index (χ4v) is 4.71. The molecular formula is C32H37N3O3. The Bertz CT molecular complexity index is 1350. The Labute approximate surface area is 225 Å². The van der Waals surface area contributed by atoms with Gasteiger partial charge >= 0.3 is 0 Å². The molecule has 0 radical (unpaired) electrons. The summed E-state index contributed by atoms with van der Waals surface area (Å²) in [5, 5.41) is 15.8. The number of aliphatic hydroxyl groups excluding tert-OH is 1. The van der Waals surface area contributed by atoms with E-state index in [0.717, 1.165) is 46.1 Å². The van der Waals surface area contributed by atoms with Crippen LogP contribution in [0.3, 0.4) is 0 Å². The lowest BCUT2D eigenvalue weighted by atomic mass is 10.2. The van der Waals surface area contributed by atoms with Crippen molar-refractivity contribution in [1.82, 2.24) is 14.7 Å². The highest BCUT2D eigenvalue weighted by molar-refractivity contribution is 5.43. The third-order valence-corrected chi connectivity index (χ3v) is 6.93. The molecule has 1 atom stereocenters. The van der Waals surface area contributed by atoms with Gasteiger partial charge in [-0.25, -0.2) is 4.68 Å². The lowest BCUT2D eigenvalue weighted by Crippen LogP contribution is -2.36. The van der Waals surface area contributed by atoms with Gasteiger partial charge in [0.15, 0.2) is 0 Å². The normalized spacial score (nSPS) is 14.0. The average molecular weight is 512 g/mol. The maximum atomic E-state index is 11.0. The summed E-state index contributed by atoms with van der Waals surface area (Å²) in [5.41, 5.74) is 5.10. The molecular weight excluding hydrogens is 474 g/mol. The zero-order valence-corrected chi connectivity index (χ0v) is 22.5. The van der Waals surface area contributed by atoms with E-state index < -0.39 is 6.10 Å². The summed E-state index contributed by atoms with van der Waals surface area (Å²) in [6.07, 6.45) is 1.86. The zero-order valence-electron chi connectivity index (χ0n) is 22.5. The molecule has 1 fully saturated rings. The van der Waals surface area contributed by atoms with Crippen molar-refractivity contribution in [1.29, 1.82) is 0 Å². The van der Waals surface area contributed by atoms with Gasteiger partial charge in [-0.15, -0.1) is 0 Å². The monoisotopic (exact) mass is 511 g/mol. The predicted octanol–water partition coefficient (Wildman–Crippen LogP) is 6.24. The van der Waals surface area contributed by atoms with Gasteiger partial charge in [-0.1, -0.05) is 48.5 Å². The number of aromatic nitrogens is 2. The number of aryl methyl sites for hydroxylation is 3. The second-order valence-corrected chi connectivity index (χ2v) is 10.4. The van der Waals surface area contributed by atoms with Gasteiger partial charge in [-0.05, 0) is 81.0 Å². The van der Waals surface area contributed by atoms with E-state index in [1.54, 1.807) is 0 Å². The number of rotatable bonds is 12. The van der Waals surface area contributed by atoms with E-state index in [0.29, 0.717) is 24.9 Å². The Kier molecular flexibility index (Phi) is 8.11. The first-order chi connectivity index (χ1) is 18.5. The molecule has 6 nitrogen and oxygen atoms in total. The molecule has 0 spiro atoms. The molecule has 1 aromatic heterocycles. The minimum atomic E-state index is -0.612. The molecule has 0 amide bonds. The van der Waals surface area contributed by atoms with Crippen molar-refractivity contribution < 1.29 is 14.6 Å². The van der Waals surface area contributed by atoms with Crippen LogP contribution in [0.2, 0.25) is 0 Å². The third-order valence-electron chi connectivity index (χ3n) is 6.93. The van der Waals surface area contributed by atoms with Crippen molar-refractivity contribution in [2.24, 2.45) is 5.92 Å². The molecule has 0 saturated heterocycles. The van der Waals surface area contributed by atoms with Gasteiger partial charge in [0.05, 0.1) is 16.9 Å². The summed E-state index contributed by atoms with van der Waals surface area (Å²) >= 11 is 0. The first-order valence-electron chi connectivity index (χ1n) is 13.4. The molecule has 6 heteroatoms. The van der Waals surface area contributed by atoms with Crippen LogP contribution in [0.4, 0.5) is 0 Å². The molecule has 5 rings (SSSR count). The van der Waals surface area contributed by atoms with Crippen LogP contribution in [0.25, 0.3) is 5.69 Å². The number of benzene rings is 3. The highest BCUT2D eigenvalue weighted by Gasteiger charge is 2.28. The Morgan fingerprint density at radius 3 is 2.47 bits per heavy atom. The smallest absolute Gasteiger partial charge is 0.227 e. The largest absolute Gasteiger partial charge is 0.491 e. The van der Waals surface area contributed by atoms with Crippen molar-refractivity contribution in [3.05, 3.63) is 101 Å². The zero-order chi connectivity index (χ0) is 26.5. The summed E-state index contributed by atoms with van der Waals surface area (Å²) in [6.45, 7) is 8.45. The summed E-state index contributed by atoms with van der Waals surface area (Å²) in [4.78, 5) is 2.33. The van der Waals surface area contributed by atoms with Gasteiger partial charge in [-0.2, -0.15) is 5.10 Å². The van der Waals surface area contributed by atoms with Gasteiger partial charge in [0.2, 0.25) is 5.88 Å². The van der Waals surface area contributed by atoms with E-state index in [-0.39, 0.29) is 6.61 Å². The van der Waals surface area contributed by atoms with Crippen molar-refractivity contribution in [3.8, 4) is 23.1 Å². The summed E-state index contributed by atoms with van der Waals surface area (Å²) in [5.74, 6) is 2.98. The molecule has 1 saturated carbocycles. The molecule has 38 heavy (non-hydrogen) atoms. The van der Waals surface area contributed by atoms with Crippen LogP contribution in [0.15, 0.2) is 78.9 Å². The Balaban J connectivity index is 1.39. The Hall–Kier alpha value is -3.61. The van der Waals surface area contributed by atoms with Crippen LogP contribution in [0.5, 0.6) is 17.4 Å². The van der Waals surface area contributed by atoms with Gasteiger partial charge in [0.25, 0.3) is 0 Å². The summed E-state index contributed by atoms with van der Waals surface area (Å²) in [6, 6.07) is 26.1. The van der Waals surface area contributed by atoms with E-state index in [4.69, 9.17) is 14.6 Å². The number of hydrogen-bond donors (Lipinski definition) is 1. The molecule has 0 aliphatic heterocycles. The standard InChI is InChI=1S/C32H37N3O3/c1-23-10-9-14-29(18-23)38-32-30(25(3)33-35(32)27-12-5-4-6-13-27)21-34(19-26-16-17-26)20-28(36)22-37-31-15-8-7-11-24(31)2/h4-15,18,26,28,36H,16-17,19-22H2,1-3H3/t28-/m1/s1. The van der Waals surface area contributed by atoms with Crippen LogP contribution in [-0.2, 0) is 6.54 Å². The maximum absolute atomic E-state index is 11.0. The number of hydrogen-bond acceptors (Lipinski definition) is 5. The van der Waals surface area contributed by atoms with Crippen LogP contribution >= 0.6 is 0 Å². The van der Waals surface area contributed by atoms with Gasteiger partial charge in [-0.3, -0.25) is 4.90 Å². The predicted molar refractivity (Wildman–Crippen MR) is 150 cm³/mol. The minimum absolute atomic E-state index is 0.251. The first kappa shape index (κ1) is 26.0. The van der Waals surface area contributed by atoms with Crippen molar-refractivity contribution in [2.75, 3.05) is 19.7 Å². The van der Waals surface area contributed by atoms with E-state index >= 15 is 0 Å². The van der Waals surface area contributed by atoms with E-state index in [2.05, 4.69) is 17.9 Å². The summed E-state index contributed by atoms with van der Waals surface area (Å²) < 4.78 is 14.4. The molecule has 1 N–H and O–H groups in total. The topological polar surface area (TPSA) is 59.8 Å². The SMILES string of the molecule is Cc1cccc(Oc2c(CN(CC3CC3)C[C@@H](O)COc3ccccc3C)c(C)nn2-c2ccccc2)c1. The Morgan fingerprint density at radius 1 is 0.974 bits per heavy atom. The lowest BCUT2D eigenvalue weighted by Gasteiger charge is -2.25. The Morgan fingerprint density at radius 2 is 1.74 bits per heavy atom. The van der Waals surface area contributed by atoms with Crippen LogP contribution in [0.1, 0.15) is 35.2 Å². The molecule has 0 bridgehead atoms. The maximum Gasteiger partial charge on any atom is 0.227 e. The van der Waals surface area contributed by atoms with Crippen LogP contribution < -0.4 is 9.47 Å². The number of ether oxygens (including phenoxy) is 2. The summed E-state index contributed by atoms with van der Waals surface area (Å²) in [7, 11) is 0. The van der Waals surface area contributed by atoms with Crippen LogP contribution in [0, 0.1) is 26.7 Å². The lowest BCUT2D eigenvalue weighted by molar-refractivity contribution is 0.0634. The van der Waals surface area contributed by atoms with Gasteiger partial charge in [0, 0.05) is 19.6 Å². The number of aliphatic hydroxyl groups is 1. The fraction of sp³-hybridized carbons (Fsp3) is 0.344. The molecule has 0 unspecified atom stereocenters. The quantitative estimate of drug-likeness (QED) is 0.244. The molecule has 3 aromatic carbocycles. The van der Waals surface area contributed by atoms with Crippen molar-refractivity contribution in [3.63, 3.8) is 0 Å². The number of para-hydroxylation sites is 2. The molecule has 1 aliphatic rings. The van der Waals surface area contributed by atoms with Gasteiger partial charge in [0.1, 0.15) is 24.2 Å². The molecule has 1 aliphatic carbocycles. The molecule has 198 valence electrons. The van der Waals surface area contributed by atoms with Gasteiger partial charge < -0.3 is 14.6 Å². The minimum Gasteiger partial charge on any atom is -0.491 e. The first-order valence-corrected chi connectivity index (χ1v) is 13.4. The van der Waals surface area contributed by atoms with Crippen LogP contribution in [-0.4, -0.2) is 45.6 Å². The second-order valence-electron chi connectivity index (χ2n) is 10.4. The van der Waals surface area contributed by atoms with Crippen molar-refractivity contribution in [2.45, 2.75) is 46.3 Å². The highest BCUT2D eigenvalue weighted by atomic mass is 16.5. The number of nitrogens with zero attached hydrogens (tertiary/aromatic N) is 3. The fourth-order valence-electron chi connectivity index (χ4n) is 4.71. The second kappa shape index (κ2) is 11.8. The third kappa shape index (κ3) is 6.63. The van der Waals surface area contributed by atoms with E-state index in [1.165, 1.54) is 12.8 Å². The molecule has 1 heterocycles. The van der Waals surface area contributed by atoms with E-state index in [1.807, 2.05) is 91.3 Å². The van der Waals surface area contributed by atoms with Crippen molar-refractivity contribution >= 4 is 0 Å². The average Bonchev–Trinajstić information content (AvgIpc) is 3.68.